The van der Waals surface area contributed by atoms with Crippen molar-refractivity contribution in [2.45, 2.75) is 20.3 Å². The van der Waals surface area contributed by atoms with E-state index >= 15 is 0 Å². The smallest absolute Gasteiger partial charge is 0.341 e. The zero-order chi connectivity index (χ0) is 21.5. The lowest BCUT2D eigenvalue weighted by molar-refractivity contribution is -0.142. The van der Waals surface area contributed by atoms with Gasteiger partial charge in [0.25, 0.3) is 5.91 Å². The normalized spacial score (nSPS) is 12.1. The minimum atomic E-state index is -0.672. The summed E-state index contributed by atoms with van der Waals surface area (Å²) in [5.41, 5.74) is 1.02. The first-order valence-corrected chi connectivity index (χ1v) is 10.2. The molecular weight excluding hydrogens is 410 g/mol. The summed E-state index contributed by atoms with van der Waals surface area (Å²) in [4.78, 5) is 37.0. The first-order valence-electron chi connectivity index (χ1n) is 9.34. The van der Waals surface area contributed by atoms with Crippen LogP contribution in [0.5, 0.6) is 11.5 Å². The van der Waals surface area contributed by atoms with Gasteiger partial charge in [-0.1, -0.05) is 13.0 Å². The first-order chi connectivity index (χ1) is 14.5. The Morgan fingerprint density at radius 1 is 1.13 bits per heavy atom. The minimum Gasteiger partial charge on any atom is -0.462 e. The van der Waals surface area contributed by atoms with Gasteiger partial charge in [-0.25, -0.2) is 9.59 Å². The molecule has 2 aromatic rings. The molecule has 0 unspecified atom stereocenters. The van der Waals surface area contributed by atoms with E-state index in [4.69, 9.17) is 18.9 Å². The van der Waals surface area contributed by atoms with Crippen LogP contribution in [-0.4, -0.2) is 37.9 Å². The minimum absolute atomic E-state index is 0.168. The highest BCUT2D eigenvalue weighted by molar-refractivity contribution is 7.16. The zero-order valence-corrected chi connectivity index (χ0v) is 17.4. The summed E-state index contributed by atoms with van der Waals surface area (Å²) >= 11 is 1.28. The van der Waals surface area contributed by atoms with E-state index in [1.165, 1.54) is 17.4 Å². The molecule has 3 rings (SSSR count). The Kier molecular flexibility index (Phi) is 7.08. The third kappa shape index (κ3) is 5.38. The molecule has 30 heavy (non-hydrogen) atoms. The molecule has 0 saturated carbocycles. The maximum absolute atomic E-state index is 12.2. The van der Waals surface area contributed by atoms with Gasteiger partial charge in [0.05, 0.1) is 12.2 Å². The van der Waals surface area contributed by atoms with Gasteiger partial charge < -0.3 is 24.3 Å². The number of thiophene rings is 1. The summed E-state index contributed by atoms with van der Waals surface area (Å²) in [5, 5.41) is 2.99. The van der Waals surface area contributed by atoms with Crippen LogP contribution in [0.1, 0.15) is 34.6 Å². The lowest BCUT2D eigenvalue weighted by Gasteiger charge is -2.06. The molecule has 9 heteroatoms. The highest BCUT2D eigenvalue weighted by Crippen LogP contribution is 2.33. The average molecular weight is 431 g/mol. The lowest BCUT2D eigenvalue weighted by atomic mass is 10.2. The van der Waals surface area contributed by atoms with Gasteiger partial charge in [0.1, 0.15) is 5.00 Å². The summed E-state index contributed by atoms with van der Waals surface area (Å²) in [5.74, 6) is -0.478. The van der Waals surface area contributed by atoms with Crippen LogP contribution < -0.4 is 14.8 Å². The van der Waals surface area contributed by atoms with Crippen molar-refractivity contribution in [3.63, 3.8) is 0 Å². The Balaban J connectivity index is 1.53. The highest BCUT2D eigenvalue weighted by Gasteiger charge is 2.19. The summed E-state index contributed by atoms with van der Waals surface area (Å²) in [7, 11) is 0. The molecule has 1 N–H and O–H groups in total. The maximum atomic E-state index is 12.2. The maximum Gasteiger partial charge on any atom is 0.341 e. The number of hydrogen-bond donors (Lipinski definition) is 1. The van der Waals surface area contributed by atoms with Crippen LogP contribution in [0.25, 0.3) is 6.08 Å². The second kappa shape index (κ2) is 9.93. The number of nitrogens with one attached hydrogen (secondary N) is 1. The number of amides is 1. The average Bonchev–Trinajstić information content (AvgIpc) is 3.37. The van der Waals surface area contributed by atoms with Gasteiger partial charge in [0, 0.05) is 11.0 Å². The largest absolute Gasteiger partial charge is 0.462 e. The molecule has 0 spiro atoms. The van der Waals surface area contributed by atoms with E-state index in [-0.39, 0.29) is 13.4 Å². The molecule has 1 aliphatic rings. The van der Waals surface area contributed by atoms with Crippen molar-refractivity contribution in [3.05, 3.63) is 46.3 Å². The highest BCUT2D eigenvalue weighted by atomic mass is 32.1. The third-order valence-electron chi connectivity index (χ3n) is 4.03. The van der Waals surface area contributed by atoms with Gasteiger partial charge in [0.2, 0.25) is 6.79 Å². The zero-order valence-electron chi connectivity index (χ0n) is 16.6. The van der Waals surface area contributed by atoms with E-state index in [9.17, 15) is 14.4 Å². The second-order valence-electron chi connectivity index (χ2n) is 6.13. The summed E-state index contributed by atoms with van der Waals surface area (Å²) < 4.78 is 20.5. The van der Waals surface area contributed by atoms with Crippen molar-refractivity contribution in [3.8, 4) is 11.5 Å². The summed E-state index contributed by atoms with van der Waals surface area (Å²) in [6.45, 7) is 3.57. The lowest BCUT2D eigenvalue weighted by Crippen LogP contribution is -2.20. The molecule has 8 nitrogen and oxygen atoms in total. The van der Waals surface area contributed by atoms with Gasteiger partial charge in [-0.3, -0.25) is 4.79 Å². The van der Waals surface area contributed by atoms with Crippen LogP contribution in [0, 0.1) is 0 Å². The Morgan fingerprint density at radius 3 is 2.70 bits per heavy atom. The van der Waals surface area contributed by atoms with Gasteiger partial charge in [-0.2, -0.15) is 0 Å². The Bertz CT molecular complexity index is 980. The van der Waals surface area contributed by atoms with Gasteiger partial charge in [-0.15, -0.1) is 11.3 Å². The molecule has 1 aromatic heterocycles. The summed E-state index contributed by atoms with van der Waals surface area (Å²) in [6, 6.07) is 6.94. The van der Waals surface area contributed by atoms with Crippen molar-refractivity contribution >= 4 is 40.3 Å². The molecular formula is C21H21NO7S. The molecule has 0 saturated heterocycles. The fourth-order valence-corrected chi connectivity index (χ4v) is 3.60. The molecule has 0 fully saturated rings. The first kappa shape index (κ1) is 21.4. The second-order valence-corrected chi connectivity index (χ2v) is 7.27. The number of carbonyl (C=O) groups excluding carboxylic acids is 3. The topological polar surface area (TPSA) is 100 Å². The van der Waals surface area contributed by atoms with E-state index in [0.717, 1.165) is 10.4 Å². The van der Waals surface area contributed by atoms with Gasteiger partial charge >= 0.3 is 11.9 Å². The number of fused-ring (bicyclic) bond motifs is 1. The van der Waals surface area contributed by atoms with Crippen LogP contribution in [0.2, 0.25) is 0 Å². The number of hydrogen-bond acceptors (Lipinski definition) is 8. The predicted molar refractivity (Wildman–Crippen MR) is 111 cm³/mol. The predicted octanol–water partition coefficient (Wildman–Crippen LogP) is 3.41. The van der Waals surface area contributed by atoms with E-state index in [2.05, 4.69) is 5.32 Å². The molecule has 158 valence electrons. The Labute approximate surface area is 177 Å². The summed E-state index contributed by atoms with van der Waals surface area (Å²) in [6.07, 6.45) is 3.48. The molecule has 0 radical (unpaired) electrons. The number of ether oxygens (including phenoxy) is 4. The molecule has 1 aromatic carbocycles. The fourth-order valence-electron chi connectivity index (χ4n) is 2.60. The van der Waals surface area contributed by atoms with Crippen molar-refractivity contribution in [2.24, 2.45) is 0 Å². The van der Waals surface area contributed by atoms with Crippen molar-refractivity contribution in [2.75, 3.05) is 25.3 Å². The SMILES string of the molecule is CCOC(=O)c1cc(CC)sc1NC(=O)COC(=O)/C=C/c1ccc2c(c1)OCO2. The van der Waals surface area contributed by atoms with Gasteiger partial charge in [-0.05, 0) is 43.2 Å². The molecule has 1 amide bonds. The number of benzene rings is 1. The van der Waals surface area contributed by atoms with Crippen LogP contribution in [-0.2, 0) is 25.5 Å². The van der Waals surface area contributed by atoms with Crippen LogP contribution in [0.3, 0.4) is 0 Å². The standard InChI is InChI=1S/C21H21NO7S/c1-3-14-10-15(21(25)26-4-2)20(30-14)22-18(23)11-27-19(24)8-6-13-5-7-16-17(9-13)29-12-28-16/h5-10H,3-4,11-12H2,1-2H3,(H,22,23)/b8-6+. The van der Waals surface area contributed by atoms with Crippen molar-refractivity contribution < 1.29 is 33.3 Å². The van der Waals surface area contributed by atoms with Crippen molar-refractivity contribution in [1.29, 1.82) is 0 Å². The van der Waals surface area contributed by atoms with E-state index in [1.807, 2.05) is 6.92 Å². The molecule has 0 bridgehead atoms. The van der Waals surface area contributed by atoms with E-state index in [1.54, 1.807) is 37.3 Å². The number of anilines is 1. The van der Waals surface area contributed by atoms with Gasteiger partial charge in [0.15, 0.2) is 18.1 Å². The third-order valence-corrected chi connectivity index (χ3v) is 5.23. The fraction of sp³-hybridized carbons (Fsp3) is 0.286. The van der Waals surface area contributed by atoms with Crippen LogP contribution in [0.15, 0.2) is 30.3 Å². The molecule has 2 heterocycles. The molecule has 0 aliphatic carbocycles. The Hall–Kier alpha value is -3.33. The molecule has 0 atom stereocenters. The van der Waals surface area contributed by atoms with Crippen LogP contribution >= 0.6 is 11.3 Å². The van der Waals surface area contributed by atoms with E-state index in [0.29, 0.717) is 28.5 Å². The van der Waals surface area contributed by atoms with Crippen LogP contribution in [0.4, 0.5) is 5.00 Å². The van der Waals surface area contributed by atoms with Crippen molar-refractivity contribution in [1.82, 2.24) is 0 Å². The Morgan fingerprint density at radius 2 is 1.93 bits per heavy atom. The van der Waals surface area contributed by atoms with E-state index < -0.39 is 24.5 Å². The quantitative estimate of drug-likeness (QED) is 0.505. The monoisotopic (exact) mass is 431 g/mol. The number of esters is 2. The number of carbonyl (C=O) groups is 3. The number of aryl methyl sites for hydroxylation is 1. The number of rotatable bonds is 8. The molecule has 1 aliphatic heterocycles.